The first-order valence-electron chi connectivity index (χ1n) is 12.2. The average molecular weight is 527 g/mol. The van der Waals surface area contributed by atoms with Crippen molar-refractivity contribution in [2.24, 2.45) is 0 Å². The number of furan rings is 1. The van der Waals surface area contributed by atoms with Gasteiger partial charge in [-0.3, -0.25) is 0 Å². The molecule has 0 bridgehead atoms. The third kappa shape index (κ3) is 3.19. The van der Waals surface area contributed by atoms with Gasteiger partial charge in [0.15, 0.2) is 23.3 Å². The SMILES string of the molecule is Cc1cc(C)c(-n2c3ccccc3c3cc4c(cc32)oc2ccccc24)c(-c2c(F)c(F)c(F)c(F)c2F)c1. The number of nitrogens with zero attached hydrogens (tertiary/aromatic N) is 1. The third-order valence-corrected chi connectivity index (χ3v) is 7.32. The van der Waals surface area contributed by atoms with E-state index in [1.165, 1.54) is 6.07 Å². The van der Waals surface area contributed by atoms with Gasteiger partial charge in [0.25, 0.3) is 0 Å². The van der Waals surface area contributed by atoms with Gasteiger partial charge < -0.3 is 8.98 Å². The molecule has 7 heteroatoms. The first kappa shape index (κ1) is 23.5. The maximum Gasteiger partial charge on any atom is 0.200 e. The summed E-state index contributed by atoms with van der Waals surface area (Å²) in [6, 6.07) is 22.3. The second-order valence-corrected chi connectivity index (χ2v) is 9.74. The molecule has 7 aromatic rings. The minimum Gasteiger partial charge on any atom is -0.456 e. The van der Waals surface area contributed by atoms with Gasteiger partial charge in [-0.1, -0.05) is 48.0 Å². The van der Waals surface area contributed by atoms with Gasteiger partial charge in [0.2, 0.25) is 5.82 Å². The standard InChI is InChI=1S/C32H18F5NO/c1-15-11-16(2)32(21(12-15)26-27(33)29(35)31(37)30(36)28(26)34)38-22-9-5-3-7-17(22)19-13-20-18-8-4-6-10-24(18)39-25(20)14-23(19)38/h3-14H,1-2H3. The fourth-order valence-corrected chi connectivity index (χ4v) is 5.72. The highest BCUT2D eigenvalue weighted by Crippen LogP contribution is 2.43. The molecular formula is C32H18F5NO. The van der Waals surface area contributed by atoms with Crippen molar-refractivity contribution in [2.45, 2.75) is 13.8 Å². The smallest absolute Gasteiger partial charge is 0.200 e. The van der Waals surface area contributed by atoms with Crippen LogP contribution in [0.2, 0.25) is 0 Å². The molecule has 0 aliphatic heterocycles. The summed E-state index contributed by atoms with van der Waals surface area (Å²) in [5.41, 5.74) is 3.14. The van der Waals surface area contributed by atoms with Crippen molar-refractivity contribution in [2.75, 3.05) is 0 Å². The van der Waals surface area contributed by atoms with Crippen LogP contribution < -0.4 is 0 Å². The molecule has 0 saturated heterocycles. The summed E-state index contributed by atoms with van der Waals surface area (Å²) in [6.07, 6.45) is 0. The van der Waals surface area contributed by atoms with Crippen LogP contribution in [0.3, 0.4) is 0 Å². The van der Waals surface area contributed by atoms with E-state index in [1.807, 2.05) is 66.7 Å². The zero-order chi connectivity index (χ0) is 27.2. The van der Waals surface area contributed by atoms with Gasteiger partial charge in [0.1, 0.15) is 11.2 Å². The third-order valence-electron chi connectivity index (χ3n) is 7.32. The highest BCUT2D eigenvalue weighted by molar-refractivity contribution is 6.17. The molecule has 5 aromatic carbocycles. The van der Waals surface area contributed by atoms with Crippen LogP contribution in [0.15, 0.2) is 77.2 Å². The largest absolute Gasteiger partial charge is 0.456 e. The zero-order valence-electron chi connectivity index (χ0n) is 20.7. The lowest BCUT2D eigenvalue weighted by Gasteiger charge is -2.19. The van der Waals surface area contributed by atoms with Crippen molar-refractivity contribution in [3.63, 3.8) is 0 Å². The van der Waals surface area contributed by atoms with E-state index >= 15 is 8.78 Å². The van der Waals surface area contributed by atoms with E-state index in [-0.39, 0.29) is 5.56 Å². The molecule has 2 aromatic heterocycles. The Hall–Kier alpha value is -4.65. The van der Waals surface area contributed by atoms with Gasteiger partial charge in [-0.15, -0.1) is 0 Å². The van der Waals surface area contributed by atoms with Gasteiger partial charge in [-0.05, 0) is 43.7 Å². The van der Waals surface area contributed by atoms with Gasteiger partial charge in [0.05, 0.1) is 22.3 Å². The quantitative estimate of drug-likeness (QED) is 0.124. The normalized spacial score (nSPS) is 12.0. The van der Waals surface area contributed by atoms with Gasteiger partial charge in [0, 0.05) is 33.2 Å². The molecule has 2 nitrogen and oxygen atoms in total. The highest BCUT2D eigenvalue weighted by atomic mass is 19.2. The Bertz CT molecular complexity index is 2130. The maximum atomic E-state index is 15.2. The van der Waals surface area contributed by atoms with Crippen molar-refractivity contribution >= 4 is 43.7 Å². The number of aryl methyl sites for hydroxylation is 2. The van der Waals surface area contributed by atoms with E-state index in [9.17, 15) is 13.2 Å². The van der Waals surface area contributed by atoms with Crippen molar-refractivity contribution in [3.8, 4) is 16.8 Å². The molecule has 7 rings (SSSR count). The number of aromatic nitrogens is 1. The molecule has 0 unspecified atom stereocenters. The van der Waals surface area contributed by atoms with Gasteiger partial charge in [-0.2, -0.15) is 0 Å². The van der Waals surface area contributed by atoms with Crippen molar-refractivity contribution in [1.29, 1.82) is 0 Å². The molecule has 0 fully saturated rings. The lowest BCUT2D eigenvalue weighted by Crippen LogP contribution is -2.08. The Morgan fingerprint density at radius 2 is 1.21 bits per heavy atom. The summed E-state index contributed by atoms with van der Waals surface area (Å²) in [7, 11) is 0. The molecule has 0 saturated carbocycles. The summed E-state index contributed by atoms with van der Waals surface area (Å²) < 4.78 is 81.0. The number of benzene rings is 5. The number of fused-ring (bicyclic) bond motifs is 6. The molecule has 0 spiro atoms. The summed E-state index contributed by atoms with van der Waals surface area (Å²) in [6.45, 7) is 3.45. The van der Waals surface area contributed by atoms with Crippen molar-refractivity contribution in [3.05, 3.63) is 113 Å². The Labute approximate surface area is 218 Å². The Morgan fingerprint density at radius 1 is 0.564 bits per heavy atom. The molecule has 0 atom stereocenters. The van der Waals surface area contributed by atoms with Gasteiger partial charge >= 0.3 is 0 Å². The lowest BCUT2D eigenvalue weighted by atomic mass is 9.96. The molecule has 0 N–H and O–H groups in total. The van der Waals surface area contributed by atoms with E-state index in [4.69, 9.17) is 4.42 Å². The monoisotopic (exact) mass is 527 g/mol. The number of para-hydroxylation sites is 2. The number of hydrogen-bond donors (Lipinski definition) is 0. The lowest BCUT2D eigenvalue weighted by molar-refractivity contribution is 0.381. The molecule has 39 heavy (non-hydrogen) atoms. The summed E-state index contributed by atoms with van der Waals surface area (Å²) in [4.78, 5) is 0. The van der Waals surface area contributed by atoms with Crippen LogP contribution in [0.5, 0.6) is 0 Å². The summed E-state index contributed by atoms with van der Waals surface area (Å²) in [5.74, 6) is -9.92. The molecule has 0 aliphatic rings. The van der Waals surface area contributed by atoms with Crippen LogP contribution in [0, 0.1) is 42.9 Å². The number of halogens is 5. The number of rotatable bonds is 2. The average Bonchev–Trinajstić information content (AvgIpc) is 3.44. The predicted molar refractivity (Wildman–Crippen MR) is 143 cm³/mol. The minimum absolute atomic E-state index is 0.104. The molecule has 2 heterocycles. The first-order chi connectivity index (χ1) is 18.8. The first-order valence-corrected chi connectivity index (χ1v) is 12.2. The van der Waals surface area contributed by atoms with Crippen LogP contribution >= 0.6 is 0 Å². The van der Waals surface area contributed by atoms with E-state index in [2.05, 4.69) is 0 Å². The Balaban J connectivity index is 1.67. The van der Waals surface area contributed by atoms with Gasteiger partial charge in [-0.25, -0.2) is 22.0 Å². The van der Waals surface area contributed by atoms with E-state index < -0.39 is 34.6 Å². The molecule has 0 amide bonds. The predicted octanol–water partition coefficient (Wildman–Crippen LogP) is 9.66. The van der Waals surface area contributed by atoms with Crippen molar-refractivity contribution < 1.29 is 26.4 Å². The summed E-state index contributed by atoms with van der Waals surface area (Å²) >= 11 is 0. The number of hydrogen-bond acceptors (Lipinski definition) is 1. The van der Waals surface area contributed by atoms with Crippen LogP contribution in [-0.4, -0.2) is 4.57 Å². The molecule has 0 aliphatic carbocycles. The zero-order valence-corrected chi connectivity index (χ0v) is 20.7. The second kappa shape index (κ2) is 8.17. The van der Waals surface area contributed by atoms with Crippen LogP contribution in [0.25, 0.3) is 60.6 Å². The fourth-order valence-electron chi connectivity index (χ4n) is 5.72. The molecule has 0 radical (unpaired) electrons. The fraction of sp³-hybridized carbons (Fsp3) is 0.0625. The minimum atomic E-state index is -2.19. The van der Waals surface area contributed by atoms with Crippen LogP contribution in [0.4, 0.5) is 22.0 Å². The van der Waals surface area contributed by atoms with Crippen LogP contribution in [-0.2, 0) is 0 Å². The van der Waals surface area contributed by atoms with Crippen molar-refractivity contribution in [1.82, 2.24) is 4.57 Å². The topological polar surface area (TPSA) is 18.1 Å². The molecule has 192 valence electrons. The highest BCUT2D eigenvalue weighted by Gasteiger charge is 2.30. The Morgan fingerprint density at radius 3 is 1.95 bits per heavy atom. The second-order valence-electron chi connectivity index (χ2n) is 9.74. The van der Waals surface area contributed by atoms with E-state index in [0.29, 0.717) is 39.0 Å². The molecular weight excluding hydrogens is 509 g/mol. The maximum absolute atomic E-state index is 15.2. The Kier molecular flexibility index (Phi) is 4.92. The van der Waals surface area contributed by atoms with Crippen LogP contribution in [0.1, 0.15) is 11.1 Å². The summed E-state index contributed by atoms with van der Waals surface area (Å²) in [5, 5.41) is 3.57. The van der Waals surface area contributed by atoms with E-state index in [1.54, 1.807) is 18.4 Å². The van der Waals surface area contributed by atoms with E-state index in [0.717, 1.165) is 21.5 Å².